The predicted molar refractivity (Wildman–Crippen MR) is 74.5 cm³/mol. The molecular weight excluding hydrogens is 244 g/mol. The Bertz CT molecular complexity index is 419. The summed E-state index contributed by atoms with van der Waals surface area (Å²) in [4.78, 5) is 11.4. The number of nitrogens with one attached hydrogen (secondary N) is 1. The van der Waals surface area contributed by atoms with E-state index in [1.54, 1.807) is 7.11 Å². The van der Waals surface area contributed by atoms with Crippen molar-refractivity contribution in [2.75, 3.05) is 20.3 Å². The molecule has 5 nitrogen and oxygen atoms in total. The maximum absolute atomic E-state index is 11.4. The van der Waals surface area contributed by atoms with Crippen molar-refractivity contribution in [1.29, 1.82) is 0 Å². The molecule has 0 aliphatic carbocycles. The molecule has 1 aromatic rings. The van der Waals surface area contributed by atoms with E-state index < -0.39 is 0 Å². The molecule has 0 aliphatic rings. The van der Waals surface area contributed by atoms with Crippen LogP contribution in [0.2, 0.25) is 0 Å². The zero-order valence-electron chi connectivity index (χ0n) is 11.7. The van der Waals surface area contributed by atoms with Crippen molar-refractivity contribution in [3.8, 4) is 11.5 Å². The first-order valence-corrected chi connectivity index (χ1v) is 6.38. The van der Waals surface area contributed by atoms with Crippen LogP contribution in [0.15, 0.2) is 18.2 Å². The summed E-state index contributed by atoms with van der Waals surface area (Å²) in [7, 11) is 1.57. The fourth-order valence-corrected chi connectivity index (χ4v) is 1.72. The van der Waals surface area contributed by atoms with E-state index in [1.807, 2.05) is 32.0 Å². The molecule has 0 aromatic heterocycles. The molecule has 1 atom stereocenters. The van der Waals surface area contributed by atoms with E-state index in [0.29, 0.717) is 18.0 Å². The van der Waals surface area contributed by atoms with Gasteiger partial charge in [0.05, 0.1) is 7.11 Å². The van der Waals surface area contributed by atoms with E-state index in [0.717, 1.165) is 12.0 Å². The normalized spacial score (nSPS) is 11.8. The first kappa shape index (κ1) is 15.3. The summed E-state index contributed by atoms with van der Waals surface area (Å²) in [6.45, 7) is 4.37. The lowest BCUT2D eigenvalue weighted by molar-refractivity contribution is -0.123. The Morgan fingerprint density at radius 1 is 1.42 bits per heavy atom. The molecule has 1 rings (SSSR count). The quantitative estimate of drug-likeness (QED) is 0.775. The number of ether oxygens (including phenoxy) is 2. The van der Waals surface area contributed by atoms with Crippen LogP contribution >= 0.6 is 0 Å². The van der Waals surface area contributed by atoms with Crippen LogP contribution < -0.4 is 20.5 Å². The van der Waals surface area contributed by atoms with Gasteiger partial charge in [-0.1, -0.05) is 6.07 Å². The van der Waals surface area contributed by atoms with Crippen LogP contribution in [0.1, 0.15) is 19.4 Å². The van der Waals surface area contributed by atoms with Gasteiger partial charge in [-0.3, -0.25) is 4.79 Å². The van der Waals surface area contributed by atoms with Gasteiger partial charge in [-0.25, -0.2) is 0 Å². The zero-order chi connectivity index (χ0) is 14.3. The van der Waals surface area contributed by atoms with Crippen molar-refractivity contribution in [1.82, 2.24) is 5.32 Å². The van der Waals surface area contributed by atoms with Gasteiger partial charge in [0.25, 0.3) is 5.91 Å². The average Bonchev–Trinajstić information content (AvgIpc) is 2.36. The van der Waals surface area contributed by atoms with Crippen molar-refractivity contribution < 1.29 is 14.3 Å². The Morgan fingerprint density at radius 2 is 2.16 bits per heavy atom. The summed E-state index contributed by atoms with van der Waals surface area (Å²) >= 11 is 0. The lowest BCUT2D eigenvalue weighted by Gasteiger charge is -2.13. The van der Waals surface area contributed by atoms with Crippen LogP contribution in [0.4, 0.5) is 0 Å². The highest BCUT2D eigenvalue weighted by molar-refractivity contribution is 5.77. The molecule has 0 saturated carbocycles. The maximum Gasteiger partial charge on any atom is 0.257 e. The van der Waals surface area contributed by atoms with E-state index in [4.69, 9.17) is 15.2 Å². The Kier molecular flexibility index (Phi) is 6.15. The minimum Gasteiger partial charge on any atom is -0.493 e. The van der Waals surface area contributed by atoms with E-state index in [1.165, 1.54) is 0 Å². The SMILES string of the molecule is CCNC(=O)COc1cc(CC(C)N)ccc1OC. The highest BCUT2D eigenvalue weighted by Crippen LogP contribution is 2.28. The number of amides is 1. The molecule has 0 fully saturated rings. The number of rotatable bonds is 7. The molecule has 5 heteroatoms. The predicted octanol–water partition coefficient (Wildman–Crippen LogP) is 1.10. The monoisotopic (exact) mass is 266 g/mol. The molecule has 0 radical (unpaired) electrons. The molecular formula is C14H22N2O3. The topological polar surface area (TPSA) is 73.6 Å². The lowest BCUT2D eigenvalue weighted by atomic mass is 10.1. The smallest absolute Gasteiger partial charge is 0.257 e. The van der Waals surface area contributed by atoms with Gasteiger partial charge in [0.2, 0.25) is 0 Å². The van der Waals surface area contributed by atoms with Crippen molar-refractivity contribution in [3.63, 3.8) is 0 Å². The highest BCUT2D eigenvalue weighted by Gasteiger charge is 2.09. The van der Waals surface area contributed by atoms with E-state index in [9.17, 15) is 4.79 Å². The van der Waals surface area contributed by atoms with Crippen molar-refractivity contribution >= 4 is 5.91 Å². The van der Waals surface area contributed by atoms with Gasteiger partial charge in [0.1, 0.15) is 0 Å². The van der Waals surface area contributed by atoms with Gasteiger partial charge >= 0.3 is 0 Å². The largest absolute Gasteiger partial charge is 0.493 e. The first-order valence-electron chi connectivity index (χ1n) is 6.38. The Morgan fingerprint density at radius 3 is 2.74 bits per heavy atom. The summed E-state index contributed by atoms with van der Waals surface area (Å²) in [5.74, 6) is 1.02. The fourth-order valence-electron chi connectivity index (χ4n) is 1.72. The second-order valence-corrected chi connectivity index (χ2v) is 4.41. The zero-order valence-corrected chi connectivity index (χ0v) is 11.7. The Hall–Kier alpha value is -1.75. The van der Waals surface area contributed by atoms with Crippen LogP contribution in [-0.4, -0.2) is 32.2 Å². The number of methoxy groups -OCH3 is 1. The third-order valence-corrected chi connectivity index (χ3v) is 2.52. The molecule has 0 heterocycles. The fraction of sp³-hybridized carbons (Fsp3) is 0.500. The maximum atomic E-state index is 11.4. The van der Waals surface area contributed by atoms with Gasteiger partial charge in [0, 0.05) is 12.6 Å². The Balaban J connectivity index is 2.75. The summed E-state index contributed by atoms with van der Waals surface area (Å²) < 4.78 is 10.7. The van der Waals surface area contributed by atoms with Gasteiger partial charge in [-0.2, -0.15) is 0 Å². The molecule has 0 aliphatic heterocycles. The third-order valence-electron chi connectivity index (χ3n) is 2.52. The molecule has 0 spiro atoms. The molecule has 106 valence electrons. The van der Waals surface area contributed by atoms with Crippen molar-refractivity contribution in [2.45, 2.75) is 26.3 Å². The minimum absolute atomic E-state index is 0.0220. The Labute approximate surface area is 114 Å². The number of carbonyl (C=O) groups excluding carboxylic acids is 1. The number of nitrogens with two attached hydrogens (primary N) is 1. The molecule has 0 bridgehead atoms. The van der Waals surface area contributed by atoms with Crippen LogP contribution in [0.3, 0.4) is 0 Å². The average molecular weight is 266 g/mol. The summed E-state index contributed by atoms with van der Waals surface area (Å²) in [6, 6.07) is 5.71. The molecule has 19 heavy (non-hydrogen) atoms. The second-order valence-electron chi connectivity index (χ2n) is 4.41. The molecule has 1 unspecified atom stereocenters. The molecule has 1 amide bonds. The van der Waals surface area contributed by atoms with Crippen LogP contribution in [-0.2, 0) is 11.2 Å². The van der Waals surface area contributed by atoms with Crippen molar-refractivity contribution in [2.24, 2.45) is 5.73 Å². The molecule has 3 N–H and O–H groups in total. The summed E-state index contributed by atoms with van der Waals surface area (Å²) in [5.41, 5.74) is 6.83. The summed E-state index contributed by atoms with van der Waals surface area (Å²) in [6.07, 6.45) is 0.751. The molecule has 0 saturated heterocycles. The van der Waals surface area contributed by atoms with Crippen LogP contribution in [0.5, 0.6) is 11.5 Å². The van der Waals surface area contributed by atoms with Gasteiger partial charge in [-0.05, 0) is 38.0 Å². The first-order chi connectivity index (χ1) is 9.06. The van der Waals surface area contributed by atoms with E-state index in [-0.39, 0.29) is 18.6 Å². The number of likely N-dealkylation sites (N-methyl/N-ethyl adjacent to an activating group) is 1. The van der Waals surface area contributed by atoms with Gasteiger partial charge in [-0.15, -0.1) is 0 Å². The lowest BCUT2D eigenvalue weighted by Crippen LogP contribution is -2.28. The number of carbonyl (C=O) groups is 1. The van der Waals surface area contributed by atoms with Gasteiger partial charge < -0.3 is 20.5 Å². The number of hydrogen-bond donors (Lipinski definition) is 2. The second kappa shape index (κ2) is 7.63. The number of hydrogen-bond acceptors (Lipinski definition) is 4. The minimum atomic E-state index is -0.151. The molecule has 1 aromatic carbocycles. The van der Waals surface area contributed by atoms with E-state index >= 15 is 0 Å². The standard InChI is InChI=1S/C14H22N2O3/c1-4-16-14(17)9-19-13-8-11(7-10(2)15)5-6-12(13)18-3/h5-6,8,10H,4,7,9,15H2,1-3H3,(H,16,17). The van der Waals surface area contributed by atoms with Crippen molar-refractivity contribution in [3.05, 3.63) is 23.8 Å². The number of benzene rings is 1. The van der Waals surface area contributed by atoms with Gasteiger partial charge in [0.15, 0.2) is 18.1 Å². The highest BCUT2D eigenvalue weighted by atomic mass is 16.5. The van der Waals surface area contributed by atoms with Crippen LogP contribution in [0.25, 0.3) is 0 Å². The summed E-state index contributed by atoms with van der Waals surface area (Å²) in [5, 5.41) is 2.68. The van der Waals surface area contributed by atoms with Crippen LogP contribution in [0, 0.1) is 0 Å². The van der Waals surface area contributed by atoms with E-state index in [2.05, 4.69) is 5.32 Å². The third kappa shape index (κ3) is 5.18.